The van der Waals surface area contributed by atoms with Crippen LogP contribution in [0.1, 0.15) is 76.9 Å². The molecule has 43 heavy (non-hydrogen) atoms. The summed E-state index contributed by atoms with van der Waals surface area (Å²) in [5, 5.41) is 21.0. The number of ketones is 1. The highest BCUT2D eigenvalue weighted by atomic mass is 19.4. The maximum absolute atomic E-state index is 13.6. The summed E-state index contributed by atoms with van der Waals surface area (Å²) in [5.41, 5.74) is -0.531. The van der Waals surface area contributed by atoms with Crippen LogP contribution in [0.5, 0.6) is 0 Å². The van der Waals surface area contributed by atoms with E-state index in [1.54, 1.807) is 27.7 Å². The van der Waals surface area contributed by atoms with Crippen LogP contribution in [0.25, 0.3) is 11.5 Å². The van der Waals surface area contributed by atoms with E-state index in [0.717, 1.165) is 22.6 Å². The number of Topliss-reactive ketones (excluding diaryl/α,β-unsaturated/α-hetero) is 1. The van der Waals surface area contributed by atoms with Crippen molar-refractivity contribution in [1.82, 2.24) is 20.4 Å². The molecule has 0 radical (unpaired) electrons. The number of nitrogens with one attached hydrogen (secondary N) is 1. The Morgan fingerprint density at radius 1 is 1.00 bits per heavy atom. The number of unbranched alkanes of at least 4 members (excludes halogenated alkanes) is 1. The van der Waals surface area contributed by atoms with Crippen LogP contribution in [0, 0.1) is 5.41 Å². The molecule has 0 spiro atoms. The summed E-state index contributed by atoms with van der Waals surface area (Å²) in [5.74, 6) is -1.77. The topological polar surface area (TPSA) is 126 Å². The predicted molar refractivity (Wildman–Crippen MR) is 153 cm³/mol. The van der Waals surface area contributed by atoms with E-state index in [1.807, 2.05) is 37.3 Å². The highest BCUT2D eigenvalue weighted by Gasteiger charge is 2.43. The summed E-state index contributed by atoms with van der Waals surface area (Å²) in [6, 6.07) is 10.7. The quantitative estimate of drug-likeness (QED) is 0.221. The van der Waals surface area contributed by atoms with Gasteiger partial charge in [-0.15, -0.1) is 10.2 Å². The summed E-state index contributed by atoms with van der Waals surface area (Å²) < 4.78 is 44.6. The second kappa shape index (κ2) is 13.8. The molecule has 0 aliphatic rings. The second-order valence-electron chi connectivity index (χ2n) is 11.5. The van der Waals surface area contributed by atoms with E-state index in [0.29, 0.717) is 12.8 Å². The summed E-state index contributed by atoms with van der Waals surface area (Å²) in [7, 11) is 0. The Morgan fingerprint density at radius 2 is 1.63 bits per heavy atom. The van der Waals surface area contributed by atoms with Crippen LogP contribution in [-0.2, 0) is 22.2 Å². The third-order valence-electron chi connectivity index (χ3n) is 7.19. The maximum Gasteiger partial charge on any atom is 0.416 e. The first-order valence-electron chi connectivity index (χ1n) is 14.0. The minimum absolute atomic E-state index is 0.0323. The second-order valence-corrected chi connectivity index (χ2v) is 11.5. The maximum atomic E-state index is 13.6. The van der Waals surface area contributed by atoms with Gasteiger partial charge in [-0.25, -0.2) is 4.79 Å². The van der Waals surface area contributed by atoms with Crippen LogP contribution < -0.4 is 5.32 Å². The van der Waals surface area contributed by atoms with Gasteiger partial charge in [-0.05, 0) is 48.6 Å². The molecule has 2 aromatic carbocycles. The van der Waals surface area contributed by atoms with E-state index in [1.165, 1.54) is 12.1 Å². The molecule has 12 heteroatoms. The van der Waals surface area contributed by atoms with E-state index in [4.69, 9.17) is 4.42 Å². The molecule has 0 unspecified atom stereocenters. The molecule has 232 valence electrons. The number of halogens is 3. The first kappa shape index (κ1) is 33.3. The Bertz CT molecular complexity index is 1380. The first-order chi connectivity index (χ1) is 20.1. The highest BCUT2D eigenvalue weighted by molar-refractivity contribution is 6.38. The lowest BCUT2D eigenvalue weighted by atomic mass is 9.82. The molecule has 3 aromatic rings. The molecule has 0 saturated heterocycles. The van der Waals surface area contributed by atoms with Crippen LogP contribution >= 0.6 is 0 Å². The molecular formula is C31H37F3N4O5. The zero-order chi connectivity index (χ0) is 31.9. The van der Waals surface area contributed by atoms with Crippen LogP contribution in [0.3, 0.4) is 0 Å². The van der Waals surface area contributed by atoms with E-state index in [-0.39, 0.29) is 30.2 Å². The minimum atomic E-state index is -4.50. The van der Waals surface area contributed by atoms with Crippen molar-refractivity contribution in [1.29, 1.82) is 0 Å². The zero-order valence-electron chi connectivity index (χ0n) is 24.8. The molecule has 3 atom stereocenters. The van der Waals surface area contributed by atoms with Gasteiger partial charge in [0.1, 0.15) is 6.04 Å². The average molecular weight is 603 g/mol. The zero-order valence-corrected chi connectivity index (χ0v) is 24.8. The fraction of sp³-hybridized carbons (Fsp3) is 0.452. The van der Waals surface area contributed by atoms with E-state index >= 15 is 0 Å². The SMILES string of the molecule is CCCC[C@@H](C(=O)C(=O)N[C@H](C)c1ccccc1)N(C(=O)O)[C@H](Cc1nnc(-c2ccc(C(F)(F)F)cc2)o1)C(C)(C)C. The Morgan fingerprint density at radius 3 is 2.16 bits per heavy atom. The normalized spacial score (nSPS) is 14.0. The number of hydrogen-bond acceptors (Lipinski definition) is 6. The summed E-state index contributed by atoms with van der Waals surface area (Å²) in [6.07, 6.45) is -4.69. The summed E-state index contributed by atoms with van der Waals surface area (Å²) in [4.78, 5) is 40.5. The van der Waals surface area contributed by atoms with Gasteiger partial charge < -0.3 is 14.8 Å². The van der Waals surface area contributed by atoms with Crippen LogP contribution in [-0.4, -0.2) is 50.1 Å². The lowest BCUT2D eigenvalue weighted by Gasteiger charge is -2.41. The molecule has 3 rings (SSSR count). The number of carbonyl (C=O) groups is 3. The van der Waals surface area contributed by atoms with Crippen molar-refractivity contribution in [2.75, 3.05) is 0 Å². The number of carboxylic acid groups (broad SMARTS) is 1. The van der Waals surface area contributed by atoms with Gasteiger partial charge in [-0.1, -0.05) is 70.9 Å². The van der Waals surface area contributed by atoms with Gasteiger partial charge in [0.25, 0.3) is 5.91 Å². The number of nitrogens with zero attached hydrogens (tertiary/aromatic N) is 3. The van der Waals surface area contributed by atoms with Gasteiger partial charge in [-0.2, -0.15) is 13.2 Å². The molecule has 0 aliphatic carbocycles. The average Bonchev–Trinajstić information content (AvgIpc) is 3.42. The molecule has 0 bridgehead atoms. The van der Waals surface area contributed by atoms with Crippen molar-refractivity contribution in [2.45, 2.75) is 84.6 Å². The van der Waals surface area contributed by atoms with Gasteiger partial charge in [0.15, 0.2) is 0 Å². The summed E-state index contributed by atoms with van der Waals surface area (Å²) in [6.45, 7) is 9.00. The molecule has 1 aromatic heterocycles. The molecule has 0 fully saturated rings. The number of aromatic nitrogens is 2. The number of benzene rings is 2. The fourth-order valence-corrected chi connectivity index (χ4v) is 4.76. The largest absolute Gasteiger partial charge is 0.465 e. The Labute approximate surface area is 248 Å². The predicted octanol–water partition coefficient (Wildman–Crippen LogP) is 6.70. The third kappa shape index (κ3) is 8.65. The Hall–Kier alpha value is -4.22. The van der Waals surface area contributed by atoms with Crippen LogP contribution in [0.15, 0.2) is 59.0 Å². The number of hydrogen-bond donors (Lipinski definition) is 2. The Kier molecular flexibility index (Phi) is 10.7. The van der Waals surface area contributed by atoms with Crippen molar-refractivity contribution in [2.24, 2.45) is 5.41 Å². The lowest BCUT2D eigenvalue weighted by molar-refractivity contribution is -0.142. The minimum Gasteiger partial charge on any atom is -0.465 e. The van der Waals surface area contributed by atoms with Gasteiger partial charge in [0.05, 0.1) is 11.6 Å². The smallest absolute Gasteiger partial charge is 0.416 e. The van der Waals surface area contributed by atoms with E-state index in [9.17, 15) is 32.7 Å². The van der Waals surface area contributed by atoms with Gasteiger partial charge in [-0.3, -0.25) is 14.5 Å². The van der Waals surface area contributed by atoms with E-state index < -0.39 is 53.1 Å². The number of carbonyl (C=O) groups excluding carboxylic acids is 2. The van der Waals surface area contributed by atoms with Crippen molar-refractivity contribution >= 4 is 17.8 Å². The standard InChI is InChI=1S/C31H37F3N4O5/c1-6-7-13-23(26(39)27(40)35-19(2)20-11-9-8-10-12-20)38(29(41)42)24(30(3,4)5)18-25-36-37-28(43-25)21-14-16-22(17-15-21)31(32,33)34/h8-12,14-17,19,23-24H,6-7,13,18H2,1-5H3,(H,35,40)(H,41,42)/t19-,23+,24-/m1/s1. The molecule has 2 amide bonds. The van der Waals surface area contributed by atoms with Crippen molar-refractivity contribution < 1.29 is 37.1 Å². The molecule has 1 heterocycles. The van der Waals surface area contributed by atoms with Gasteiger partial charge in [0.2, 0.25) is 17.6 Å². The number of rotatable bonds is 12. The first-order valence-corrected chi connectivity index (χ1v) is 14.0. The lowest BCUT2D eigenvalue weighted by Crippen LogP contribution is -2.58. The van der Waals surface area contributed by atoms with Crippen molar-refractivity contribution in [3.8, 4) is 11.5 Å². The van der Waals surface area contributed by atoms with Crippen molar-refractivity contribution in [3.63, 3.8) is 0 Å². The fourth-order valence-electron chi connectivity index (χ4n) is 4.76. The highest BCUT2D eigenvalue weighted by Crippen LogP contribution is 2.33. The monoisotopic (exact) mass is 602 g/mol. The molecule has 0 aliphatic heterocycles. The number of amides is 2. The molecule has 9 nitrogen and oxygen atoms in total. The molecular weight excluding hydrogens is 565 g/mol. The van der Waals surface area contributed by atoms with E-state index in [2.05, 4.69) is 15.5 Å². The molecule has 2 N–H and O–H groups in total. The molecule has 0 saturated carbocycles. The summed E-state index contributed by atoms with van der Waals surface area (Å²) >= 11 is 0. The van der Waals surface area contributed by atoms with Gasteiger partial charge >= 0.3 is 12.3 Å². The van der Waals surface area contributed by atoms with Crippen LogP contribution in [0.4, 0.5) is 18.0 Å². The third-order valence-corrected chi connectivity index (χ3v) is 7.19. The van der Waals surface area contributed by atoms with Crippen LogP contribution in [0.2, 0.25) is 0 Å². The number of alkyl halides is 3. The Balaban J connectivity index is 1.90. The van der Waals surface area contributed by atoms with Crippen molar-refractivity contribution in [3.05, 3.63) is 71.6 Å². The van der Waals surface area contributed by atoms with Gasteiger partial charge in [0, 0.05) is 18.0 Å².